The number of hydrogen-bond donors (Lipinski definition) is 3. The SMILES string of the molecule is CN1C(=O)[C@@H](NC(=O)C2(C(=O)N[C@H](O)C3CCCCC3)CCC2)N=C(c2ccc(C(F)(F)F)cc2)c2ccccc21. The van der Waals surface area contributed by atoms with Gasteiger partial charge in [0, 0.05) is 24.1 Å². The maximum absolute atomic E-state index is 13.6. The first-order valence-electron chi connectivity index (χ1n) is 13.9. The van der Waals surface area contributed by atoms with Crippen LogP contribution in [-0.4, -0.2) is 48.0 Å². The molecule has 3 aliphatic rings. The molecule has 0 unspecified atom stereocenters. The summed E-state index contributed by atoms with van der Waals surface area (Å²) in [6.45, 7) is 0. The lowest BCUT2D eigenvalue weighted by molar-refractivity contribution is -0.153. The fraction of sp³-hybridized carbons (Fsp3) is 0.467. The number of carbonyl (C=O) groups excluding carboxylic acids is 3. The molecule has 2 aliphatic carbocycles. The zero-order valence-corrected chi connectivity index (χ0v) is 22.7. The van der Waals surface area contributed by atoms with E-state index in [0.29, 0.717) is 23.2 Å². The number of aliphatic imine (C=N–C) groups is 1. The van der Waals surface area contributed by atoms with Gasteiger partial charge in [-0.1, -0.05) is 56.0 Å². The standard InChI is InChI=1S/C30H33F3N4O4/c1-37-22-11-6-5-10-21(22)23(18-12-14-20(15-13-18)30(31,32)33)34-24(26(37)39)35-27(40)29(16-7-17-29)28(41)36-25(38)19-8-3-2-4-9-19/h5-6,10-15,19,24-25,38H,2-4,7-9,16-17H2,1H3,(H,35,40)(H,36,41)/t24-,25-/m1/s1. The Morgan fingerprint density at radius 2 is 1.66 bits per heavy atom. The highest BCUT2D eigenvalue weighted by Gasteiger charge is 2.52. The minimum atomic E-state index is -4.52. The van der Waals surface area contributed by atoms with Crippen molar-refractivity contribution >= 4 is 29.1 Å². The number of carbonyl (C=O) groups is 3. The third-order valence-electron chi connectivity index (χ3n) is 8.55. The lowest BCUT2D eigenvalue weighted by Crippen LogP contribution is -2.60. The molecule has 0 radical (unpaired) electrons. The van der Waals surface area contributed by atoms with Gasteiger partial charge in [-0.2, -0.15) is 13.2 Å². The first-order valence-corrected chi connectivity index (χ1v) is 13.9. The number of anilines is 1. The molecule has 3 N–H and O–H groups in total. The van der Waals surface area contributed by atoms with Crippen LogP contribution in [0.1, 0.15) is 68.1 Å². The summed E-state index contributed by atoms with van der Waals surface area (Å²) in [6, 6.07) is 11.3. The zero-order valence-electron chi connectivity index (χ0n) is 22.7. The highest BCUT2D eigenvalue weighted by Crippen LogP contribution is 2.42. The number of rotatable bonds is 6. The van der Waals surface area contributed by atoms with Crippen molar-refractivity contribution < 1.29 is 32.7 Å². The molecule has 2 saturated carbocycles. The average Bonchev–Trinajstić information content (AvgIpc) is 3.03. The van der Waals surface area contributed by atoms with E-state index in [9.17, 15) is 32.7 Å². The van der Waals surface area contributed by atoms with E-state index in [1.54, 1.807) is 24.3 Å². The van der Waals surface area contributed by atoms with Crippen LogP contribution in [0, 0.1) is 11.3 Å². The summed E-state index contributed by atoms with van der Waals surface area (Å²) in [7, 11) is 1.53. The predicted octanol–water partition coefficient (Wildman–Crippen LogP) is 4.15. The molecule has 2 atom stereocenters. The Hall–Kier alpha value is -3.73. The number of benzene rings is 2. The Balaban J connectivity index is 1.43. The van der Waals surface area contributed by atoms with Crippen molar-refractivity contribution in [2.75, 3.05) is 11.9 Å². The van der Waals surface area contributed by atoms with Crippen LogP contribution in [0.3, 0.4) is 0 Å². The number of aliphatic hydroxyl groups is 1. The minimum absolute atomic E-state index is 0.0700. The molecule has 11 heteroatoms. The van der Waals surface area contributed by atoms with Gasteiger partial charge in [0.25, 0.3) is 5.91 Å². The Bertz CT molecular complexity index is 1350. The van der Waals surface area contributed by atoms with Gasteiger partial charge in [0.05, 0.1) is 17.0 Å². The van der Waals surface area contributed by atoms with E-state index < -0.39 is 47.3 Å². The Labute approximate surface area is 236 Å². The molecular formula is C30H33F3N4O4. The van der Waals surface area contributed by atoms with Gasteiger partial charge < -0.3 is 20.6 Å². The number of nitrogens with zero attached hydrogens (tertiary/aromatic N) is 2. The van der Waals surface area contributed by atoms with E-state index in [-0.39, 0.29) is 24.5 Å². The highest BCUT2D eigenvalue weighted by atomic mass is 19.4. The first-order chi connectivity index (χ1) is 19.5. The Kier molecular flexibility index (Phi) is 7.91. The van der Waals surface area contributed by atoms with Gasteiger partial charge in [-0.25, -0.2) is 4.99 Å². The lowest BCUT2D eigenvalue weighted by atomic mass is 9.67. The van der Waals surface area contributed by atoms with E-state index in [0.717, 1.165) is 44.2 Å². The molecular weight excluding hydrogens is 537 g/mol. The number of benzodiazepines with no additional fused rings is 1. The van der Waals surface area contributed by atoms with Crippen molar-refractivity contribution in [2.24, 2.45) is 16.3 Å². The third-order valence-corrected chi connectivity index (χ3v) is 8.55. The van der Waals surface area contributed by atoms with Crippen LogP contribution in [0.25, 0.3) is 0 Å². The number of fused-ring (bicyclic) bond motifs is 1. The molecule has 41 heavy (non-hydrogen) atoms. The van der Waals surface area contributed by atoms with Gasteiger partial charge in [0.15, 0.2) is 0 Å². The van der Waals surface area contributed by atoms with E-state index in [1.165, 1.54) is 24.1 Å². The molecule has 8 nitrogen and oxygen atoms in total. The predicted molar refractivity (Wildman–Crippen MR) is 146 cm³/mol. The van der Waals surface area contributed by atoms with Gasteiger partial charge in [0.2, 0.25) is 18.0 Å². The van der Waals surface area contributed by atoms with Gasteiger partial charge in [-0.05, 0) is 43.9 Å². The minimum Gasteiger partial charge on any atom is -0.373 e. The molecule has 0 spiro atoms. The Morgan fingerprint density at radius 3 is 2.27 bits per heavy atom. The van der Waals surface area contributed by atoms with Crippen molar-refractivity contribution in [3.8, 4) is 0 Å². The summed E-state index contributed by atoms with van der Waals surface area (Å²) in [6.07, 6.45) is -1.22. The van der Waals surface area contributed by atoms with Gasteiger partial charge in [-0.15, -0.1) is 0 Å². The van der Waals surface area contributed by atoms with Gasteiger partial charge in [-0.3, -0.25) is 14.4 Å². The number of hydrogen-bond acceptors (Lipinski definition) is 5. The molecule has 2 fully saturated rings. The molecule has 0 saturated heterocycles. The summed E-state index contributed by atoms with van der Waals surface area (Å²) in [5.74, 6) is -1.89. The molecule has 3 amide bonds. The van der Waals surface area contributed by atoms with E-state index in [2.05, 4.69) is 15.6 Å². The number of alkyl halides is 3. The highest BCUT2D eigenvalue weighted by molar-refractivity contribution is 6.20. The number of aliphatic hydroxyl groups excluding tert-OH is 1. The maximum Gasteiger partial charge on any atom is 0.416 e. The van der Waals surface area contributed by atoms with Gasteiger partial charge >= 0.3 is 6.18 Å². The molecule has 0 aromatic heterocycles. The van der Waals surface area contributed by atoms with Crippen LogP contribution < -0.4 is 15.5 Å². The van der Waals surface area contributed by atoms with Crippen LogP contribution in [0.4, 0.5) is 18.9 Å². The van der Waals surface area contributed by atoms with Crippen LogP contribution >= 0.6 is 0 Å². The topological polar surface area (TPSA) is 111 Å². The molecule has 1 aliphatic heterocycles. The first kappa shape index (κ1) is 28.8. The van der Waals surface area contributed by atoms with Crippen LogP contribution in [0.2, 0.25) is 0 Å². The second-order valence-corrected chi connectivity index (χ2v) is 11.1. The van der Waals surface area contributed by atoms with Crippen molar-refractivity contribution in [3.63, 3.8) is 0 Å². The molecule has 218 valence electrons. The van der Waals surface area contributed by atoms with Crippen LogP contribution in [-0.2, 0) is 20.6 Å². The number of amides is 3. The van der Waals surface area contributed by atoms with E-state index >= 15 is 0 Å². The largest absolute Gasteiger partial charge is 0.416 e. The summed E-state index contributed by atoms with van der Waals surface area (Å²) < 4.78 is 39.6. The number of para-hydroxylation sites is 1. The van der Waals surface area contributed by atoms with Crippen molar-refractivity contribution in [1.82, 2.24) is 10.6 Å². The van der Waals surface area contributed by atoms with Gasteiger partial charge in [0.1, 0.15) is 11.6 Å². The zero-order chi connectivity index (χ0) is 29.4. The number of nitrogens with one attached hydrogen (secondary N) is 2. The average molecular weight is 571 g/mol. The van der Waals surface area contributed by atoms with Crippen LogP contribution in [0.15, 0.2) is 53.5 Å². The molecule has 1 heterocycles. The van der Waals surface area contributed by atoms with Crippen molar-refractivity contribution in [3.05, 3.63) is 65.2 Å². The Morgan fingerprint density at radius 1 is 1.00 bits per heavy atom. The smallest absolute Gasteiger partial charge is 0.373 e. The second-order valence-electron chi connectivity index (χ2n) is 11.1. The molecule has 0 bridgehead atoms. The second kappa shape index (κ2) is 11.3. The fourth-order valence-corrected chi connectivity index (χ4v) is 5.85. The molecule has 2 aromatic carbocycles. The summed E-state index contributed by atoms with van der Waals surface area (Å²) in [4.78, 5) is 46.3. The van der Waals surface area contributed by atoms with Crippen molar-refractivity contribution in [2.45, 2.75) is 69.9 Å². The summed E-state index contributed by atoms with van der Waals surface area (Å²) >= 11 is 0. The lowest BCUT2D eigenvalue weighted by Gasteiger charge is -2.40. The van der Waals surface area contributed by atoms with Crippen molar-refractivity contribution in [1.29, 1.82) is 0 Å². The molecule has 5 rings (SSSR count). The number of halogens is 3. The summed E-state index contributed by atoms with van der Waals surface area (Å²) in [5.41, 5.74) is -0.726. The van der Waals surface area contributed by atoms with E-state index in [4.69, 9.17) is 0 Å². The normalized spacial score (nSPS) is 21.6. The summed E-state index contributed by atoms with van der Waals surface area (Å²) in [5, 5.41) is 15.9. The monoisotopic (exact) mass is 570 g/mol. The quantitative estimate of drug-likeness (QED) is 0.358. The van der Waals surface area contributed by atoms with Crippen LogP contribution in [0.5, 0.6) is 0 Å². The maximum atomic E-state index is 13.6. The van der Waals surface area contributed by atoms with E-state index in [1.807, 2.05) is 0 Å². The number of likely N-dealkylation sites (N-methyl/N-ethyl adjacent to an activating group) is 1. The fourth-order valence-electron chi connectivity index (χ4n) is 5.85. The molecule has 2 aromatic rings. The third kappa shape index (κ3) is 5.59.